The molecule has 0 aliphatic rings. The molecule has 0 aliphatic heterocycles. The molecule has 0 saturated carbocycles. The summed E-state index contributed by atoms with van der Waals surface area (Å²) < 4.78 is 0. The fourth-order valence-corrected chi connectivity index (χ4v) is 1.98. The minimum Gasteiger partial charge on any atom is -0.326 e. The van der Waals surface area contributed by atoms with Gasteiger partial charge in [-0.05, 0) is 24.3 Å². The summed E-state index contributed by atoms with van der Waals surface area (Å²) >= 11 is 11.6. The summed E-state index contributed by atoms with van der Waals surface area (Å²) in [7, 11) is 0. The van der Waals surface area contributed by atoms with E-state index in [4.69, 9.17) is 23.2 Å². The summed E-state index contributed by atoms with van der Waals surface area (Å²) in [5.41, 5.74) is 1.44. The zero-order valence-corrected chi connectivity index (χ0v) is 14.1. The lowest BCUT2D eigenvalue weighted by Gasteiger charge is -2.10. The van der Waals surface area contributed by atoms with Gasteiger partial charge in [0.25, 0.3) is 5.91 Å². The number of aromatic nitrogens is 1. The van der Waals surface area contributed by atoms with Crippen molar-refractivity contribution in [1.29, 1.82) is 0 Å². The summed E-state index contributed by atoms with van der Waals surface area (Å²) in [5.74, 6) is -0.596. The van der Waals surface area contributed by atoms with Gasteiger partial charge in [0, 0.05) is 23.5 Å². The van der Waals surface area contributed by atoms with Gasteiger partial charge < -0.3 is 10.6 Å². The highest BCUT2D eigenvalue weighted by Crippen LogP contribution is 2.21. The lowest BCUT2D eigenvalue weighted by molar-refractivity contribution is -0.118. The predicted octanol–water partition coefficient (Wildman–Crippen LogP) is 4.24. The van der Waals surface area contributed by atoms with E-state index in [1.807, 2.05) is 0 Å². The normalized spacial score (nSPS) is 10.5. The molecule has 2 amide bonds. The Hall–Kier alpha value is -2.11. The minimum atomic E-state index is -0.372. The molecule has 2 aromatic rings. The summed E-state index contributed by atoms with van der Waals surface area (Å²) in [6.07, 6.45) is 1.34. The van der Waals surface area contributed by atoms with Gasteiger partial charge in [0.05, 0.1) is 10.6 Å². The van der Waals surface area contributed by atoms with E-state index in [1.54, 1.807) is 38.1 Å². The Labute approximate surface area is 144 Å². The van der Waals surface area contributed by atoms with E-state index in [0.717, 1.165) is 0 Å². The zero-order valence-electron chi connectivity index (χ0n) is 12.6. The molecule has 0 saturated heterocycles. The van der Waals surface area contributed by atoms with Gasteiger partial charge in [0.15, 0.2) is 0 Å². The molecule has 5 nitrogen and oxygen atoms in total. The molecule has 0 aliphatic carbocycles. The standard InChI is InChI=1S/C16H15Cl2N3O2/c1-9(2)15(22)20-11-4-3-5-12(7-11)21-16(23)10-6-13(17)14(18)19-8-10/h3-9H,1-2H3,(H,20,22)(H,21,23). The van der Waals surface area contributed by atoms with E-state index in [9.17, 15) is 9.59 Å². The van der Waals surface area contributed by atoms with Crippen molar-refractivity contribution >= 4 is 46.4 Å². The van der Waals surface area contributed by atoms with Gasteiger partial charge in [-0.1, -0.05) is 43.1 Å². The van der Waals surface area contributed by atoms with Crippen LogP contribution in [-0.4, -0.2) is 16.8 Å². The molecule has 0 bridgehead atoms. The van der Waals surface area contributed by atoms with Crippen molar-refractivity contribution in [2.24, 2.45) is 5.92 Å². The average Bonchev–Trinajstić information content (AvgIpc) is 2.50. The molecule has 7 heteroatoms. The van der Waals surface area contributed by atoms with Crippen LogP contribution in [0.3, 0.4) is 0 Å². The number of carbonyl (C=O) groups excluding carboxylic acids is 2. The maximum atomic E-state index is 12.2. The number of nitrogens with one attached hydrogen (secondary N) is 2. The highest BCUT2D eigenvalue weighted by Gasteiger charge is 2.11. The van der Waals surface area contributed by atoms with Crippen LogP contribution in [0.15, 0.2) is 36.5 Å². The maximum Gasteiger partial charge on any atom is 0.257 e. The van der Waals surface area contributed by atoms with E-state index in [0.29, 0.717) is 11.4 Å². The summed E-state index contributed by atoms with van der Waals surface area (Å²) in [6, 6.07) is 8.31. The van der Waals surface area contributed by atoms with Crippen molar-refractivity contribution in [2.45, 2.75) is 13.8 Å². The second-order valence-corrected chi connectivity index (χ2v) is 5.94. The third kappa shape index (κ3) is 4.68. The number of anilines is 2. The first-order valence-electron chi connectivity index (χ1n) is 6.90. The van der Waals surface area contributed by atoms with Gasteiger partial charge in [-0.25, -0.2) is 4.98 Å². The summed E-state index contributed by atoms with van der Waals surface area (Å²) in [4.78, 5) is 27.7. The molecular formula is C16H15Cl2N3O2. The quantitative estimate of drug-likeness (QED) is 0.809. The molecule has 1 heterocycles. The van der Waals surface area contributed by atoms with Crippen molar-refractivity contribution in [2.75, 3.05) is 10.6 Å². The molecule has 0 spiro atoms. The van der Waals surface area contributed by atoms with Gasteiger partial charge in [-0.15, -0.1) is 0 Å². The summed E-state index contributed by atoms with van der Waals surface area (Å²) in [5, 5.41) is 5.83. The third-order valence-corrected chi connectivity index (χ3v) is 3.66. The van der Waals surface area contributed by atoms with Crippen molar-refractivity contribution in [3.05, 3.63) is 52.3 Å². The Kier molecular flexibility index (Phi) is 5.58. The van der Waals surface area contributed by atoms with E-state index in [2.05, 4.69) is 15.6 Å². The van der Waals surface area contributed by atoms with Crippen LogP contribution in [0.2, 0.25) is 10.2 Å². The average molecular weight is 352 g/mol. The zero-order chi connectivity index (χ0) is 17.0. The van der Waals surface area contributed by atoms with Gasteiger partial charge in [0.2, 0.25) is 5.91 Å². The number of hydrogen-bond acceptors (Lipinski definition) is 3. The first-order chi connectivity index (χ1) is 10.9. The van der Waals surface area contributed by atoms with E-state index in [1.165, 1.54) is 12.3 Å². The number of amides is 2. The first kappa shape index (κ1) is 17.2. The van der Waals surface area contributed by atoms with Crippen LogP contribution in [0, 0.1) is 5.92 Å². The Morgan fingerprint density at radius 1 is 1.09 bits per heavy atom. The molecule has 1 aromatic carbocycles. The lowest BCUT2D eigenvalue weighted by atomic mass is 10.2. The summed E-state index contributed by atoms with van der Waals surface area (Å²) in [6.45, 7) is 3.61. The number of rotatable bonds is 4. The molecule has 2 N–H and O–H groups in total. The fraction of sp³-hybridized carbons (Fsp3) is 0.188. The number of pyridine rings is 1. The molecule has 0 unspecified atom stereocenters. The van der Waals surface area contributed by atoms with Gasteiger partial charge >= 0.3 is 0 Å². The molecule has 23 heavy (non-hydrogen) atoms. The molecule has 0 radical (unpaired) electrons. The van der Waals surface area contributed by atoms with Crippen LogP contribution in [0.5, 0.6) is 0 Å². The largest absolute Gasteiger partial charge is 0.326 e. The topological polar surface area (TPSA) is 71.1 Å². The molecular weight excluding hydrogens is 337 g/mol. The molecule has 0 atom stereocenters. The number of carbonyl (C=O) groups is 2. The van der Waals surface area contributed by atoms with Crippen molar-refractivity contribution in [3.8, 4) is 0 Å². The van der Waals surface area contributed by atoms with Gasteiger partial charge in [0.1, 0.15) is 5.15 Å². The molecule has 2 rings (SSSR count). The van der Waals surface area contributed by atoms with Gasteiger partial charge in [-0.2, -0.15) is 0 Å². The third-order valence-electron chi connectivity index (χ3n) is 2.97. The fourth-order valence-electron chi connectivity index (χ4n) is 1.71. The first-order valence-corrected chi connectivity index (χ1v) is 7.65. The minimum absolute atomic E-state index is 0.0952. The van der Waals surface area contributed by atoms with Crippen LogP contribution < -0.4 is 10.6 Å². The molecule has 0 fully saturated rings. The van der Waals surface area contributed by atoms with Crippen LogP contribution in [0.4, 0.5) is 11.4 Å². The van der Waals surface area contributed by atoms with Crippen molar-refractivity contribution in [3.63, 3.8) is 0 Å². The lowest BCUT2D eigenvalue weighted by Crippen LogP contribution is -2.18. The predicted molar refractivity (Wildman–Crippen MR) is 92.1 cm³/mol. The van der Waals surface area contributed by atoms with Crippen LogP contribution in [0.25, 0.3) is 0 Å². The Bertz CT molecular complexity index is 748. The Morgan fingerprint density at radius 2 is 1.74 bits per heavy atom. The van der Waals surface area contributed by atoms with E-state index in [-0.39, 0.29) is 33.5 Å². The van der Waals surface area contributed by atoms with Crippen LogP contribution in [-0.2, 0) is 4.79 Å². The van der Waals surface area contributed by atoms with Crippen molar-refractivity contribution < 1.29 is 9.59 Å². The Morgan fingerprint density at radius 3 is 2.35 bits per heavy atom. The number of nitrogens with zero attached hydrogens (tertiary/aromatic N) is 1. The number of benzene rings is 1. The number of hydrogen-bond donors (Lipinski definition) is 2. The second-order valence-electron chi connectivity index (χ2n) is 5.18. The second kappa shape index (κ2) is 7.44. The van der Waals surface area contributed by atoms with E-state index >= 15 is 0 Å². The molecule has 120 valence electrons. The molecule has 1 aromatic heterocycles. The van der Waals surface area contributed by atoms with Crippen LogP contribution >= 0.6 is 23.2 Å². The highest BCUT2D eigenvalue weighted by atomic mass is 35.5. The van der Waals surface area contributed by atoms with E-state index < -0.39 is 0 Å². The monoisotopic (exact) mass is 351 g/mol. The smallest absolute Gasteiger partial charge is 0.257 e. The Balaban J connectivity index is 2.12. The van der Waals surface area contributed by atoms with Crippen molar-refractivity contribution in [1.82, 2.24) is 4.98 Å². The SMILES string of the molecule is CC(C)C(=O)Nc1cccc(NC(=O)c2cnc(Cl)c(Cl)c2)c1. The van der Waals surface area contributed by atoms with Gasteiger partial charge in [-0.3, -0.25) is 9.59 Å². The highest BCUT2D eigenvalue weighted by molar-refractivity contribution is 6.41. The van der Waals surface area contributed by atoms with Crippen LogP contribution in [0.1, 0.15) is 24.2 Å². The number of halogens is 2. The maximum absolute atomic E-state index is 12.2.